The molecule has 1 atom stereocenters. The van der Waals surface area contributed by atoms with Gasteiger partial charge < -0.3 is 14.5 Å². The lowest BCUT2D eigenvalue weighted by Gasteiger charge is -2.33. The standard InChI is InChI=1S/C24H33N5O3/c1-3-32-24(31)21-11-6-7-12-29(21)17-22-25-20-10-5-4-9-19(20)23(26-22)28-14-8-13-27(15-16-28)18(2)30/h4-5,9-10,21H,3,6-8,11-17H2,1-2H3/t21-/m1/s1. The maximum Gasteiger partial charge on any atom is 0.323 e. The van der Waals surface area contributed by atoms with Crippen molar-refractivity contribution in [1.82, 2.24) is 19.8 Å². The first-order valence-electron chi connectivity index (χ1n) is 11.7. The fourth-order valence-electron chi connectivity index (χ4n) is 4.73. The number of aromatic nitrogens is 2. The molecular formula is C24H33N5O3. The summed E-state index contributed by atoms with van der Waals surface area (Å²) in [6, 6.07) is 7.85. The lowest BCUT2D eigenvalue weighted by atomic mass is 10.0. The van der Waals surface area contributed by atoms with Gasteiger partial charge in [0.25, 0.3) is 0 Å². The van der Waals surface area contributed by atoms with Crippen LogP contribution in [0, 0.1) is 0 Å². The van der Waals surface area contributed by atoms with Crippen LogP contribution in [0.15, 0.2) is 24.3 Å². The Morgan fingerprint density at radius 2 is 1.88 bits per heavy atom. The first-order valence-corrected chi connectivity index (χ1v) is 11.7. The number of ether oxygens (including phenoxy) is 1. The number of amides is 1. The number of carbonyl (C=O) groups excluding carboxylic acids is 2. The molecule has 0 radical (unpaired) electrons. The number of esters is 1. The normalized spacial score (nSPS) is 20.2. The number of para-hydroxylation sites is 1. The molecule has 3 heterocycles. The van der Waals surface area contributed by atoms with Crippen LogP contribution < -0.4 is 4.90 Å². The van der Waals surface area contributed by atoms with Crippen molar-refractivity contribution in [2.45, 2.75) is 52.1 Å². The lowest BCUT2D eigenvalue weighted by molar-refractivity contribution is -0.151. The van der Waals surface area contributed by atoms with Crippen LogP contribution in [-0.2, 0) is 20.9 Å². The van der Waals surface area contributed by atoms with Crippen molar-refractivity contribution in [2.24, 2.45) is 0 Å². The zero-order valence-corrected chi connectivity index (χ0v) is 19.1. The molecule has 4 rings (SSSR count). The zero-order chi connectivity index (χ0) is 22.5. The predicted molar refractivity (Wildman–Crippen MR) is 123 cm³/mol. The van der Waals surface area contributed by atoms with Crippen molar-refractivity contribution in [1.29, 1.82) is 0 Å². The van der Waals surface area contributed by atoms with Crippen LogP contribution in [0.1, 0.15) is 45.4 Å². The molecule has 0 N–H and O–H groups in total. The Labute approximate surface area is 189 Å². The highest BCUT2D eigenvalue weighted by atomic mass is 16.5. The number of anilines is 1. The van der Waals surface area contributed by atoms with Gasteiger partial charge in [0.1, 0.15) is 17.7 Å². The molecule has 2 aliphatic rings. The van der Waals surface area contributed by atoms with Gasteiger partial charge in [-0.05, 0) is 44.9 Å². The number of rotatable bonds is 5. The molecule has 8 nitrogen and oxygen atoms in total. The topological polar surface area (TPSA) is 78.9 Å². The molecule has 2 saturated heterocycles. The number of fused-ring (bicyclic) bond motifs is 1. The molecule has 0 saturated carbocycles. The van der Waals surface area contributed by atoms with Crippen molar-refractivity contribution in [3.63, 3.8) is 0 Å². The van der Waals surface area contributed by atoms with Crippen LogP contribution in [-0.4, -0.2) is 77.0 Å². The maximum atomic E-state index is 12.5. The van der Waals surface area contributed by atoms with E-state index < -0.39 is 0 Å². The van der Waals surface area contributed by atoms with Crippen LogP contribution in [0.2, 0.25) is 0 Å². The number of piperidine rings is 1. The van der Waals surface area contributed by atoms with Gasteiger partial charge in [-0.2, -0.15) is 0 Å². The van der Waals surface area contributed by atoms with Gasteiger partial charge in [0.05, 0.1) is 18.7 Å². The summed E-state index contributed by atoms with van der Waals surface area (Å²) < 4.78 is 5.32. The summed E-state index contributed by atoms with van der Waals surface area (Å²) in [6.07, 6.45) is 3.81. The van der Waals surface area contributed by atoms with Crippen molar-refractivity contribution < 1.29 is 14.3 Å². The van der Waals surface area contributed by atoms with Gasteiger partial charge in [-0.15, -0.1) is 0 Å². The SMILES string of the molecule is CCOC(=O)[C@H]1CCCCN1Cc1nc(N2CCCN(C(C)=O)CC2)c2ccccc2n1. The third-order valence-corrected chi connectivity index (χ3v) is 6.39. The lowest BCUT2D eigenvalue weighted by Crippen LogP contribution is -2.45. The van der Waals surface area contributed by atoms with Crippen LogP contribution in [0.25, 0.3) is 10.9 Å². The van der Waals surface area contributed by atoms with E-state index in [0.717, 1.165) is 74.4 Å². The fraction of sp³-hybridized carbons (Fsp3) is 0.583. The van der Waals surface area contributed by atoms with Gasteiger partial charge in [0.2, 0.25) is 5.91 Å². The summed E-state index contributed by atoms with van der Waals surface area (Å²) in [5.74, 6) is 1.61. The van der Waals surface area contributed by atoms with Crippen molar-refractivity contribution in [3.8, 4) is 0 Å². The quantitative estimate of drug-likeness (QED) is 0.663. The smallest absolute Gasteiger partial charge is 0.323 e. The average Bonchev–Trinajstić information content (AvgIpc) is 3.05. The summed E-state index contributed by atoms with van der Waals surface area (Å²) >= 11 is 0. The largest absolute Gasteiger partial charge is 0.465 e. The zero-order valence-electron chi connectivity index (χ0n) is 19.1. The first kappa shape index (κ1) is 22.5. The molecule has 0 bridgehead atoms. The molecule has 1 aromatic heterocycles. The molecule has 0 spiro atoms. The highest BCUT2D eigenvalue weighted by Gasteiger charge is 2.31. The summed E-state index contributed by atoms with van der Waals surface area (Å²) in [5, 5.41) is 1.02. The molecule has 172 valence electrons. The number of nitrogens with zero attached hydrogens (tertiary/aromatic N) is 5. The second-order valence-electron chi connectivity index (χ2n) is 8.56. The van der Waals surface area contributed by atoms with Gasteiger partial charge in [-0.25, -0.2) is 9.97 Å². The average molecular weight is 440 g/mol. The fourth-order valence-corrected chi connectivity index (χ4v) is 4.73. The second-order valence-corrected chi connectivity index (χ2v) is 8.56. The summed E-state index contributed by atoms with van der Waals surface area (Å²) in [7, 11) is 0. The Morgan fingerprint density at radius 3 is 2.69 bits per heavy atom. The van der Waals surface area contributed by atoms with Gasteiger partial charge in [-0.3, -0.25) is 14.5 Å². The predicted octanol–water partition coefficient (Wildman–Crippen LogP) is 2.61. The van der Waals surface area contributed by atoms with Crippen LogP contribution in [0.5, 0.6) is 0 Å². The number of hydrogen-bond donors (Lipinski definition) is 0. The van der Waals surface area contributed by atoms with E-state index in [1.54, 1.807) is 6.92 Å². The van der Waals surface area contributed by atoms with Crippen LogP contribution in [0.4, 0.5) is 5.82 Å². The molecule has 0 unspecified atom stereocenters. The molecule has 8 heteroatoms. The summed E-state index contributed by atoms with van der Waals surface area (Å²) in [5.41, 5.74) is 0.907. The second kappa shape index (κ2) is 10.3. The van der Waals surface area contributed by atoms with Crippen molar-refractivity contribution in [3.05, 3.63) is 30.1 Å². The van der Waals surface area contributed by atoms with E-state index in [2.05, 4.69) is 15.9 Å². The summed E-state index contributed by atoms with van der Waals surface area (Å²) in [4.78, 5) is 40.5. The number of hydrogen-bond acceptors (Lipinski definition) is 7. The van der Waals surface area contributed by atoms with E-state index in [1.165, 1.54) is 0 Å². The molecule has 1 aromatic carbocycles. The Bertz CT molecular complexity index is 966. The van der Waals surface area contributed by atoms with Crippen molar-refractivity contribution >= 4 is 28.6 Å². The van der Waals surface area contributed by atoms with E-state index >= 15 is 0 Å². The van der Waals surface area contributed by atoms with Crippen LogP contribution >= 0.6 is 0 Å². The van der Waals surface area contributed by atoms with E-state index in [0.29, 0.717) is 19.7 Å². The minimum absolute atomic E-state index is 0.121. The Morgan fingerprint density at radius 1 is 1.03 bits per heavy atom. The highest BCUT2D eigenvalue weighted by molar-refractivity contribution is 5.89. The third kappa shape index (κ3) is 5.01. The molecule has 2 aliphatic heterocycles. The van der Waals surface area contributed by atoms with Gasteiger partial charge in [0, 0.05) is 38.5 Å². The van der Waals surface area contributed by atoms with Crippen molar-refractivity contribution in [2.75, 3.05) is 44.2 Å². The highest BCUT2D eigenvalue weighted by Crippen LogP contribution is 2.27. The number of likely N-dealkylation sites (tertiary alicyclic amines) is 1. The molecule has 2 aromatic rings. The Balaban J connectivity index is 1.62. The third-order valence-electron chi connectivity index (χ3n) is 6.39. The molecule has 0 aliphatic carbocycles. The van der Waals surface area contributed by atoms with Gasteiger partial charge in [-0.1, -0.05) is 18.6 Å². The van der Waals surface area contributed by atoms with Crippen LogP contribution in [0.3, 0.4) is 0 Å². The molecule has 32 heavy (non-hydrogen) atoms. The monoisotopic (exact) mass is 439 g/mol. The molecule has 2 fully saturated rings. The molecule has 1 amide bonds. The number of benzene rings is 1. The Hall–Kier alpha value is -2.74. The van der Waals surface area contributed by atoms with E-state index in [-0.39, 0.29) is 17.9 Å². The van der Waals surface area contributed by atoms with E-state index in [1.807, 2.05) is 30.0 Å². The number of carbonyl (C=O) groups is 2. The molecular weight excluding hydrogens is 406 g/mol. The Kier molecular flexibility index (Phi) is 7.19. The summed E-state index contributed by atoms with van der Waals surface area (Å²) in [6.45, 7) is 8.29. The minimum atomic E-state index is -0.232. The maximum absolute atomic E-state index is 12.5. The van der Waals surface area contributed by atoms with E-state index in [9.17, 15) is 9.59 Å². The van der Waals surface area contributed by atoms with E-state index in [4.69, 9.17) is 14.7 Å². The van der Waals surface area contributed by atoms with Gasteiger partial charge in [0.15, 0.2) is 0 Å². The van der Waals surface area contributed by atoms with Gasteiger partial charge >= 0.3 is 5.97 Å². The minimum Gasteiger partial charge on any atom is -0.465 e. The first-order chi connectivity index (χ1) is 15.6.